The molecule has 6 rings (SSSR count). The lowest BCUT2D eigenvalue weighted by Crippen LogP contribution is -2.47. The minimum Gasteiger partial charge on any atom is -0.478 e. The van der Waals surface area contributed by atoms with E-state index >= 15 is 0 Å². The predicted octanol–water partition coefficient (Wildman–Crippen LogP) is 8.35. The lowest BCUT2D eigenvalue weighted by Gasteiger charge is -2.39. The zero-order valence-electron chi connectivity index (χ0n) is 32.6. The molecule has 2 aromatic carbocycles. The van der Waals surface area contributed by atoms with Gasteiger partial charge in [-0.05, 0) is 54.0 Å². The van der Waals surface area contributed by atoms with Gasteiger partial charge in [-0.2, -0.15) is 4.98 Å². The number of carbonyl (C=O) groups is 1. The van der Waals surface area contributed by atoms with Gasteiger partial charge >= 0.3 is 12.0 Å². The molecule has 12 nitrogen and oxygen atoms in total. The van der Waals surface area contributed by atoms with Gasteiger partial charge in [0.05, 0.1) is 41.1 Å². The van der Waals surface area contributed by atoms with Crippen molar-refractivity contribution in [1.29, 1.82) is 0 Å². The quantitative estimate of drug-likeness (QED) is 0.0707. The van der Waals surface area contributed by atoms with Crippen molar-refractivity contribution in [2.24, 2.45) is 0 Å². The summed E-state index contributed by atoms with van der Waals surface area (Å²) in [4.78, 5) is 21.4. The van der Waals surface area contributed by atoms with Gasteiger partial charge in [0.25, 0.3) is 0 Å². The van der Waals surface area contributed by atoms with E-state index in [1.165, 1.54) is 13.2 Å². The normalized spacial score (nSPS) is 20.4. The number of aromatic nitrogens is 3. The number of carboxylic acids is 1. The van der Waals surface area contributed by atoms with Crippen LogP contribution in [0.25, 0.3) is 33.5 Å². The number of nitrogens with zero attached hydrogens (tertiary/aromatic N) is 3. The Kier molecular flexibility index (Phi) is 12.0. The van der Waals surface area contributed by atoms with E-state index in [-0.39, 0.29) is 42.4 Å². The molecule has 2 aliphatic rings. The second-order valence-electron chi connectivity index (χ2n) is 16.6. The van der Waals surface area contributed by atoms with Crippen LogP contribution in [-0.2, 0) is 30.1 Å². The van der Waals surface area contributed by atoms with Crippen LogP contribution in [0.15, 0.2) is 48.5 Å². The molecule has 0 radical (unpaired) electrons. The van der Waals surface area contributed by atoms with Crippen LogP contribution in [0, 0.1) is 0 Å². The first-order valence-electron chi connectivity index (χ1n) is 18.3. The highest BCUT2D eigenvalue weighted by molar-refractivity contribution is 6.76. The first kappa shape index (κ1) is 40.3. The van der Waals surface area contributed by atoms with Gasteiger partial charge in [0.2, 0.25) is 0 Å². The van der Waals surface area contributed by atoms with Crippen molar-refractivity contribution in [3.8, 4) is 34.1 Å². The van der Waals surface area contributed by atoms with E-state index in [2.05, 4.69) is 53.5 Å². The van der Waals surface area contributed by atoms with Gasteiger partial charge in [-0.15, -0.1) is 0 Å². The third-order valence-corrected chi connectivity index (χ3v) is 16.9. The summed E-state index contributed by atoms with van der Waals surface area (Å²) in [6.07, 6.45) is -1.08. The van der Waals surface area contributed by atoms with Crippen LogP contribution in [0.3, 0.4) is 0 Å². The zero-order valence-corrected chi connectivity index (χ0v) is 35.4. The second-order valence-corrected chi connectivity index (χ2v) is 27.4. The molecule has 4 atom stereocenters. The van der Waals surface area contributed by atoms with E-state index in [0.717, 1.165) is 22.7 Å². The van der Waals surface area contributed by atoms with Crippen molar-refractivity contribution < 1.29 is 42.7 Å². The van der Waals surface area contributed by atoms with E-state index in [1.54, 1.807) is 12.1 Å². The number of imidazole rings is 1. The van der Waals surface area contributed by atoms with Crippen molar-refractivity contribution in [1.82, 2.24) is 14.5 Å². The average Bonchev–Trinajstić information content (AvgIpc) is 3.79. The average molecular weight is 798 g/mol. The van der Waals surface area contributed by atoms with Crippen molar-refractivity contribution in [3.63, 3.8) is 0 Å². The van der Waals surface area contributed by atoms with E-state index in [0.29, 0.717) is 53.5 Å². The van der Waals surface area contributed by atoms with Crippen LogP contribution in [-0.4, -0.2) is 100 Å². The number of hydrogen-bond acceptors (Lipinski definition) is 10. The molecule has 0 saturated carbocycles. The molecule has 0 amide bonds. The van der Waals surface area contributed by atoms with Gasteiger partial charge in [0.1, 0.15) is 24.7 Å². The number of halogens is 1. The largest absolute Gasteiger partial charge is 0.478 e. The number of ether oxygens (including phenoxy) is 6. The standard InChI is InChI=1S/C39H52ClN3O9Si2/c1-39(2,3)54(8,9)52-32-21-49-34-31(20-48-35(32)34)51-38-42-36-29(43(38)22-47-16-17-53(5,6)7)19-28(40)33(41-36)25-12-10-24(11-13-25)27-15-14-26(37(44)45)18-30(27)50-23-46-4/h10-15,18-19,31-32,34-35H,16-17,20-23H2,1-9H3,(H,44,45)/t31-,32-,34-,35-/m1/s1. The summed E-state index contributed by atoms with van der Waals surface area (Å²) in [6.45, 7) is 19.7. The van der Waals surface area contributed by atoms with Crippen molar-refractivity contribution in [2.45, 2.75) is 95.7 Å². The van der Waals surface area contributed by atoms with Gasteiger partial charge in [0.15, 0.2) is 26.9 Å². The maximum absolute atomic E-state index is 11.6. The summed E-state index contributed by atoms with van der Waals surface area (Å²) in [5.74, 6) is -0.648. The summed E-state index contributed by atoms with van der Waals surface area (Å²) in [5, 5.41) is 9.99. The molecule has 54 heavy (non-hydrogen) atoms. The van der Waals surface area contributed by atoms with Gasteiger partial charge < -0.3 is 38.0 Å². The van der Waals surface area contributed by atoms with Crippen LogP contribution >= 0.6 is 11.6 Å². The van der Waals surface area contributed by atoms with E-state index in [9.17, 15) is 9.90 Å². The number of rotatable bonds is 15. The SMILES string of the molecule is COCOc1cc(C(=O)O)ccc1-c1ccc(-c2nc3nc(O[C@@H]4CO[C@H]5[C@@H]4OC[C@H]5O[Si](C)(C)C(C)(C)C)n(COCC[Si](C)(C)C)c3cc2Cl)cc1. The van der Waals surface area contributed by atoms with Crippen LogP contribution in [0.1, 0.15) is 31.1 Å². The number of fused-ring (bicyclic) bond motifs is 2. The van der Waals surface area contributed by atoms with Crippen molar-refractivity contribution >= 4 is 45.1 Å². The number of benzene rings is 2. The molecule has 0 aliphatic carbocycles. The van der Waals surface area contributed by atoms with Crippen LogP contribution in [0.2, 0.25) is 48.8 Å². The van der Waals surface area contributed by atoms with E-state index < -0.39 is 28.5 Å². The molecule has 292 valence electrons. The zero-order chi connectivity index (χ0) is 39.0. The maximum Gasteiger partial charge on any atom is 0.335 e. The highest BCUT2D eigenvalue weighted by Crippen LogP contribution is 2.41. The molecule has 0 bridgehead atoms. The molecule has 4 heterocycles. The molecule has 2 aromatic heterocycles. The number of carboxylic acid groups (broad SMARTS) is 1. The molecule has 4 aromatic rings. The van der Waals surface area contributed by atoms with Gasteiger partial charge in [-0.1, -0.05) is 76.3 Å². The fourth-order valence-electron chi connectivity index (χ4n) is 6.22. The smallest absolute Gasteiger partial charge is 0.335 e. The molecule has 15 heteroatoms. The van der Waals surface area contributed by atoms with E-state index in [4.69, 9.17) is 54.4 Å². The summed E-state index contributed by atoms with van der Waals surface area (Å²) in [6, 6.07) is 15.6. The number of pyridine rings is 1. The highest BCUT2D eigenvalue weighted by Gasteiger charge is 2.52. The number of aromatic carboxylic acids is 1. The van der Waals surface area contributed by atoms with E-state index in [1.807, 2.05) is 34.9 Å². The summed E-state index contributed by atoms with van der Waals surface area (Å²) in [5.41, 5.74) is 4.12. The maximum atomic E-state index is 11.6. The van der Waals surface area contributed by atoms with Gasteiger partial charge in [-0.3, -0.25) is 4.57 Å². The lowest BCUT2D eigenvalue weighted by molar-refractivity contribution is 0.00691. The summed E-state index contributed by atoms with van der Waals surface area (Å²) >= 11 is 6.95. The van der Waals surface area contributed by atoms with Crippen molar-refractivity contribution in [3.05, 3.63) is 59.1 Å². The Morgan fingerprint density at radius 3 is 2.28 bits per heavy atom. The predicted molar refractivity (Wildman–Crippen MR) is 213 cm³/mol. The minimum absolute atomic E-state index is 0.0242. The lowest BCUT2D eigenvalue weighted by atomic mass is 10.00. The minimum atomic E-state index is -2.04. The third-order valence-electron chi connectivity index (χ3n) is 10.4. The Labute approximate surface area is 324 Å². The monoisotopic (exact) mass is 797 g/mol. The fourth-order valence-corrected chi connectivity index (χ4v) is 8.54. The number of hydrogen-bond donors (Lipinski definition) is 1. The Morgan fingerprint density at radius 1 is 0.963 bits per heavy atom. The first-order chi connectivity index (χ1) is 25.5. The molecule has 0 spiro atoms. The molecular weight excluding hydrogens is 746 g/mol. The number of methoxy groups -OCH3 is 1. The molecule has 2 aliphatic heterocycles. The molecule has 1 N–H and O–H groups in total. The summed E-state index contributed by atoms with van der Waals surface area (Å²) in [7, 11) is -1.85. The Balaban J connectivity index is 1.27. The Morgan fingerprint density at radius 2 is 1.63 bits per heavy atom. The molecule has 0 unspecified atom stereocenters. The molecule has 2 saturated heterocycles. The topological polar surface area (TPSA) is 133 Å². The van der Waals surface area contributed by atoms with Crippen LogP contribution in [0.5, 0.6) is 11.8 Å². The van der Waals surface area contributed by atoms with Crippen LogP contribution in [0.4, 0.5) is 0 Å². The van der Waals surface area contributed by atoms with Gasteiger partial charge in [0, 0.05) is 32.9 Å². The van der Waals surface area contributed by atoms with Crippen molar-refractivity contribution in [2.75, 3.05) is 33.7 Å². The second kappa shape index (κ2) is 16.0. The first-order valence-corrected chi connectivity index (χ1v) is 25.3. The highest BCUT2D eigenvalue weighted by atomic mass is 35.5. The Hall–Kier alpha value is -3.35. The fraction of sp³-hybridized carbons (Fsp3) is 0.513. The third kappa shape index (κ3) is 8.86. The molecule has 2 fully saturated rings. The van der Waals surface area contributed by atoms with Crippen LogP contribution < -0.4 is 9.47 Å². The summed E-state index contributed by atoms with van der Waals surface area (Å²) < 4.78 is 44.7. The molecular formula is C39H52ClN3O9Si2. The van der Waals surface area contributed by atoms with Gasteiger partial charge in [-0.25, -0.2) is 9.78 Å². The Bertz CT molecular complexity index is 1960.